The van der Waals surface area contributed by atoms with Crippen molar-refractivity contribution in [3.63, 3.8) is 0 Å². The molecule has 564 valence electrons. The standard InChI is InChI=1S/C81H162N6O8/c1-6-11-16-21-26-28-32-37-56-77(54-35-30-23-18-13-8-3)75-94-71-50-48-67-90-63-42-40-61-88-65-44-46-69-92-73-52-59-83-80-85-79(82-58-39-34-25-20-15-10-5)86-81(87-80)84-60-53-74-93-70-47-45-66-89-62-41-43-64-91-68-49-51-72-95-76-78(55-36-31-24-19-14-9-4)57-38-33-29-27-22-17-12-7-2/h77-78H,6-76H2,1-5H3,(H3,82,83,84,85,86,87). The number of aromatic nitrogens is 3. The van der Waals surface area contributed by atoms with Gasteiger partial charge in [-0.1, -0.05) is 247 Å². The van der Waals surface area contributed by atoms with Crippen LogP contribution >= 0.6 is 0 Å². The molecule has 0 aliphatic heterocycles. The fraction of sp³-hybridized carbons (Fsp3) is 0.963. The van der Waals surface area contributed by atoms with Crippen LogP contribution in [0.1, 0.15) is 369 Å². The third-order valence-electron chi connectivity index (χ3n) is 18.5. The van der Waals surface area contributed by atoms with Gasteiger partial charge in [-0.2, -0.15) is 15.0 Å². The molecule has 0 bridgehead atoms. The summed E-state index contributed by atoms with van der Waals surface area (Å²) in [6, 6.07) is 0. The van der Waals surface area contributed by atoms with Crippen LogP contribution in [0.3, 0.4) is 0 Å². The number of nitrogens with one attached hydrogen (secondary N) is 3. The predicted octanol–water partition coefficient (Wildman–Crippen LogP) is 22.9. The van der Waals surface area contributed by atoms with Crippen molar-refractivity contribution in [1.82, 2.24) is 15.0 Å². The molecule has 0 aliphatic rings. The number of rotatable bonds is 84. The van der Waals surface area contributed by atoms with E-state index in [2.05, 4.69) is 50.6 Å². The van der Waals surface area contributed by atoms with E-state index in [1.54, 1.807) is 0 Å². The van der Waals surface area contributed by atoms with Crippen molar-refractivity contribution in [2.24, 2.45) is 11.8 Å². The number of hydrogen-bond acceptors (Lipinski definition) is 14. The fourth-order valence-corrected chi connectivity index (χ4v) is 12.2. The van der Waals surface area contributed by atoms with Crippen molar-refractivity contribution in [2.45, 2.75) is 369 Å². The molecule has 1 heterocycles. The third-order valence-corrected chi connectivity index (χ3v) is 18.5. The number of anilines is 3. The second kappa shape index (κ2) is 79.4. The van der Waals surface area contributed by atoms with E-state index >= 15 is 0 Å². The van der Waals surface area contributed by atoms with Crippen LogP contribution in [0.2, 0.25) is 0 Å². The Labute approximate surface area is 589 Å². The average molecular weight is 1350 g/mol. The highest BCUT2D eigenvalue weighted by Crippen LogP contribution is 2.23. The lowest BCUT2D eigenvalue weighted by molar-refractivity contribution is 0.0731. The topological polar surface area (TPSA) is 149 Å². The first kappa shape index (κ1) is 91.1. The summed E-state index contributed by atoms with van der Waals surface area (Å²) in [5.41, 5.74) is 0. The van der Waals surface area contributed by atoms with E-state index in [0.717, 1.165) is 220 Å². The van der Waals surface area contributed by atoms with E-state index in [4.69, 9.17) is 52.8 Å². The molecule has 0 radical (unpaired) electrons. The second-order valence-corrected chi connectivity index (χ2v) is 28.0. The van der Waals surface area contributed by atoms with Gasteiger partial charge in [-0.25, -0.2) is 0 Å². The molecule has 0 aliphatic carbocycles. The Bertz CT molecular complexity index is 1490. The molecule has 2 unspecified atom stereocenters. The molecule has 14 nitrogen and oxygen atoms in total. The predicted molar refractivity (Wildman–Crippen MR) is 407 cm³/mol. The van der Waals surface area contributed by atoms with E-state index in [-0.39, 0.29) is 0 Å². The summed E-state index contributed by atoms with van der Waals surface area (Å²) in [6.45, 7) is 26.8. The zero-order valence-corrected chi connectivity index (χ0v) is 64.0. The number of nitrogens with zero attached hydrogens (tertiary/aromatic N) is 3. The van der Waals surface area contributed by atoms with Gasteiger partial charge in [-0.05, 0) is 134 Å². The number of hydrogen-bond donors (Lipinski definition) is 3. The molecule has 1 aromatic heterocycles. The van der Waals surface area contributed by atoms with Crippen molar-refractivity contribution in [3.8, 4) is 0 Å². The molecule has 1 rings (SSSR count). The SMILES string of the molecule is CCCCCCCCCCC(CCCCCCCC)COCCCCOCCCCOCCCCOCCCNc1nc(NCCCCCCCC)nc(NCCCOCCCCOCCCCOCCCCOCC(CCCCCCCC)CCCCCCCCCC)n1. The van der Waals surface area contributed by atoms with E-state index in [9.17, 15) is 0 Å². The van der Waals surface area contributed by atoms with Crippen LogP contribution in [0.5, 0.6) is 0 Å². The molecule has 95 heavy (non-hydrogen) atoms. The highest BCUT2D eigenvalue weighted by atomic mass is 16.5. The van der Waals surface area contributed by atoms with Crippen LogP contribution in [-0.4, -0.2) is 140 Å². The molecule has 3 N–H and O–H groups in total. The first-order chi connectivity index (χ1) is 47.2. The molecule has 0 saturated carbocycles. The maximum absolute atomic E-state index is 6.24. The summed E-state index contributed by atoms with van der Waals surface area (Å²) in [4.78, 5) is 14.1. The largest absolute Gasteiger partial charge is 0.381 e. The molecule has 0 aromatic carbocycles. The van der Waals surface area contributed by atoms with Gasteiger partial charge in [-0.3, -0.25) is 0 Å². The first-order valence-corrected chi connectivity index (χ1v) is 41.8. The first-order valence-electron chi connectivity index (χ1n) is 41.8. The highest BCUT2D eigenvalue weighted by Gasteiger charge is 2.12. The van der Waals surface area contributed by atoms with E-state index in [1.165, 1.54) is 238 Å². The average Bonchev–Trinajstić information content (AvgIpc) is 3.71. The zero-order valence-electron chi connectivity index (χ0n) is 64.0. The van der Waals surface area contributed by atoms with Crippen molar-refractivity contribution in [3.05, 3.63) is 0 Å². The quantitative estimate of drug-likeness (QED) is 0.0531. The van der Waals surface area contributed by atoms with Gasteiger partial charge in [0.15, 0.2) is 0 Å². The van der Waals surface area contributed by atoms with E-state index in [1.807, 2.05) is 0 Å². The Morgan fingerprint density at radius 1 is 0.200 bits per heavy atom. The smallest absolute Gasteiger partial charge is 0.229 e. The Kier molecular flexibility index (Phi) is 76.2. The van der Waals surface area contributed by atoms with Crippen LogP contribution in [0.25, 0.3) is 0 Å². The molecule has 0 amide bonds. The molecule has 0 saturated heterocycles. The van der Waals surface area contributed by atoms with Gasteiger partial charge in [0.25, 0.3) is 0 Å². The van der Waals surface area contributed by atoms with Crippen LogP contribution in [-0.2, 0) is 37.9 Å². The Morgan fingerprint density at radius 2 is 0.379 bits per heavy atom. The normalized spacial score (nSPS) is 12.3. The minimum absolute atomic E-state index is 0.582. The maximum atomic E-state index is 6.24. The maximum Gasteiger partial charge on any atom is 0.229 e. The summed E-state index contributed by atoms with van der Waals surface area (Å²) in [5, 5.41) is 10.3. The molecule has 1 aromatic rings. The summed E-state index contributed by atoms with van der Waals surface area (Å²) < 4.78 is 48.1. The third kappa shape index (κ3) is 70.3. The van der Waals surface area contributed by atoms with Gasteiger partial charge in [0.1, 0.15) is 0 Å². The van der Waals surface area contributed by atoms with E-state index in [0.29, 0.717) is 31.1 Å². The van der Waals surface area contributed by atoms with Gasteiger partial charge in [0, 0.05) is 125 Å². The van der Waals surface area contributed by atoms with Crippen LogP contribution < -0.4 is 16.0 Å². The van der Waals surface area contributed by atoms with Crippen LogP contribution in [0, 0.1) is 11.8 Å². The minimum atomic E-state index is 0.582. The van der Waals surface area contributed by atoms with Gasteiger partial charge in [-0.15, -0.1) is 0 Å². The monoisotopic (exact) mass is 1350 g/mol. The summed E-state index contributed by atoms with van der Waals surface area (Å²) in [7, 11) is 0. The summed E-state index contributed by atoms with van der Waals surface area (Å²) >= 11 is 0. The second-order valence-electron chi connectivity index (χ2n) is 28.0. The molecular formula is C81H162N6O8. The van der Waals surface area contributed by atoms with Crippen molar-refractivity contribution in [2.75, 3.05) is 141 Å². The molecular weight excluding hydrogens is 1180 g/mol. The van der Waals surface area contributed by atoms with Crippen LogP contribution in [0.15, 0.2) is 0 Å². The lowest BCUT2D eigenvalue weighted by Gasteiger charge is -2.17. The Morgan fingerprint density at radius 3 is 0.611 bits per heavy atom. The molecule has 0 spiro atoms. The molecule has 14 heteroatoms. The molecule has 0 fully saturated rings. The molecule has 2 atom stereocenters. The summed E-state index contributed by atoms with van der Waals surface area (Å²) in [6.07, 6.45) is 66.1. The Balaban J connectivity index is 2.12. The fourth-order valence-electron chi connectivity index (χ4n) is 12.2. The highest BCUT2D eigenvalue weighted by molar-refractivity contribution is 5.42. The number of unbranched alkanes of at least 4 members (excludes halogenated alkanes) is 35. The summed E-state index contributed by atoms with van der Waals surface area (Å²) in [5.74, 6) is 3.26. The van der Waals surface area contributed by atoms with Gasteiger partial charge >= 0.3 is 0 Å². The van der Waals surface area contributed by atoms with Gasteiger partial charge in [0.2, 0.25) is 17.8 Å². The van der Waals surface area contributed by atoms with Gasteiger partial charge in [0.05, 0.1) is 0 Å². The van der Waals surface area contributed by atoms with Crippen molar-refractivity contribution < 1.29 is 37.9 Å². The van der Waals surface area contributed by atoms with Crippen molar-refractivity contribution >= 4 is 17.8 Å². The van der Waals surface area contributed by atoms with Gasteiger partial charge < -0.3 is 53.8 Å². The minimum Gasteiger partial charge on any atom is -0.381 e. The number of ether oxygens (including phenoxy) is 8. The lowest BCUT2D eigenvalue weighted by Crippen LogP contribution is -2.15. The van der Waals surface area contributed by atoms with Crippen molar-refractivity contribution in [1.29, 1.82) is 0 Å². The zero-order chi connectivity index (χ0) is 68.0. The lowest BCUT2D eigenvalue weighted by atomic mass is 9.94. The van der Waals surface area contributed by atoms with Crippen LogP contribution in [0.4, 0.5) is 17.8 Å². The Hall–Kier alpha value is -1.91. The van der Waals surface area contributed by atoms with E-state index < -0.39 is 0 Å².